The second kappa shape index (κ2) is 7.24. The van der Waals surface area contributed by atoms with Crippen molar-refractivity contribution in [2.75, 3.05) is 26.1 Å². The van der Waals surface area contributed by atoms with Crippen molar-refractivity contribution < 1.29 is 18.7 Å². The van der Waals surface area contributed by atoms with E-state index < -0.39 is 0 Å². The number of carbonyl (C=O) groups excluding carboxylic acids is 1. The largest absolute Gasteiger partial charge is 0.463 e. The minimum Gasteiger partial charge on any atom is -0.463 e. The van der Waals surface area contributed by atoms with Crippen molar-refractivity contribution in [2.24, 2.45) is 0 Å². The molecule has 1 aromatic carbocycles. The topological polar surface area (TPSA) is 35.5 Å². The highest BCUT2D eigenvalue weighted by molar-refractivity contribution is 8.00. The molecule has 3 nitrogen and oxygen atoms in total. The maximum atomic E-state index is 12.6. The third-order valence-electron chi connectivity index (χ3n) is 1.72. The standard InChI is InChI=1S/C11H13FO3S/c1-14-6-7-15-11(13)8-16-10-4-2-9(12)3-5-10/h2-5H,6-8H2,1H3. The van der Waals surface area contributed by atoms with Crippen molar-refractivity contribution in [1.29, 1.82) is 0 Å². The zero-order valence-corrected chi connectivity index (χ0v) is 9.76. The Morgan fingerprint density at radius 2 is 2.00 bits per heavy atom. The van der Waals surface area contributed by atoms with Crippen LogP contribution < -0.4 is 0 Å². The number of benzene rings is 1. The summed E-state index contributed by atoms with van der Waals surface area (Å²) in [4.78, 5) is 12.0. The summed E-state index contributed by atoms with van der Waals surface area (Å²) in [6.45, 7) is 0.659. The smallest absolute Gasteiger partial charge is 0.316 e. The molecule has 0 aromatic heterocycles. The van der Waals surface area contributed by atoms with Crippen molar-refractivity contribution in [1.82, 2.24) is 0 Å². The summed E-state index contributed by atoms with van der Waals surface area (Å²) in [5.74, 6) is -0.367. The van der Waals surface area contributed by atoms with Gasteiger partial charge in [-0.1, -0.05) is 0 Å². The number of esters is 1. The van der Waals surface area contributed by atoms with E-state index in [4.69, 9.17) is 9.47 Å². The monoisotopic (exact) mass is 244 g/mol. The molecule has 0 radical (unpaired) electrons. The molecule has 1 aromatic rings. The van der Waals surface area contributed by atoms with Crippen LogP contribution in [0.1, 0.15) is 0 Å². The van der Waals surface area contributed by atoms with Gasteiger partial charge in [0.15, 0.2) is 0 Å². The van der Waals surface area contributed by atoms with E-state index in [1.807, 2.05) is 0 Å². The molecule has 88 valence electrons. The second-order valence-electron chi connectivity index (χ2n) is 2.96. The van der Waals surface area contributed by atoms with Gasteiger partial charge in [0.05, 0.1) is 12.4 Å². The molecule has 0 aliphatic heterocycles. The van der Waals surface area contributed by atoms with Crippen molar-refractivity contribution >= 4 is 17.7 Å². The normalized spacial score (nSPS) is 10.1. The number of ether oxygens (including phenoxy) is 2. The molecule has 0 saturated carbocycles. The Bertz CT molecular complexity index is 327. The van der Waals surface area contributed by atoms with Crippen LogP contribution in [0.4, 0.5) is 4.39 Å². The Balaban J connectivity index is 2.23. The van der Waals surface area contributed by atoms with Crippen molar-refractivity contribution in [3.05, 3.63) is 30.1 Å². The number of halogens is 1. The fourth-order valence-corrected chi connectivity index (χ4v) is 1.65. The Kier molecular flexibility index (Phi) is 5.88. The predicted octanol–water partition coefficient (Wildman–Crippen LogP) is 2.11. The maximum absolute atomic E-state index is 12.6. The summed E-state index contributed by atoms with van der Waals surface area (Å²) in [6.07, 6.45) is 0. The summed E-state index contributed by atoms with van der Waals surface area (Å²) in [5.41, 5.74) is 0. The van der Waals surface area contributed by atoms with E-state index in [0.717, 1.165) is 4.90 Å². The van der Waals surface area contributed by atoms with Crippen LogP contribution >= 0.6 is 11.8 Å². The van der Waals surface area contributed by atoms with Gasteiger partial charge in [-0.15, -0.1) is 11.8 Å². The van der Waals surface area contributed by atoms with Gasteiger partial charge in [0.1, 0.15) is 12.4 Å². The molecule has 0 saturated heterocycles. The first-order valence-electron chi connectivity index (χ1n) is 4.75. The van der Waals surface area contributed by atoms with Gasteiger partial charge in [-0.05, 0) is 24.3 Å². The van der Waals surface area contributed by atoms with Crippen LogP contribution in [0.25, 0.3) is 0 Å². The molecule has 0 unspecified atom stereocenters. The number of thioether (sulfide) groups is 1. The number of carbonyl (C=O) groups is 1. The SMILES string of the molecule is COCCOC(=O)CSc1ccc(F)cc1. The van der Waals surface area contributed by atoms with Crippen LogP contribution in [-0.2, 0) is 14.3 Å². The van der Waals surface area contributed by atoms with E-state index in [0.29, 0.717) is 6.61 Å². The van der Waals surface area contributed by atoms with Crippen LogP contribution in [0.5, 0.6) is 0 Å². The number of hydrogen-bond donors (Lipinski definition) is 0. The summed E-state index contributed by atoms with van der Waals surface area (Å²) >= 11 is 1.31. The molecule has 0 heterocycles. The lowest BCUT2D eigenvalue weighted by atomic mass is 10.4. The molecular weight excluding hydrogens is 231 g/mol. The average molecular weight is 244 g/mol. The minimum atomic E-state index is -0.300. The molecule has 0 N–H and O–H groups in total. The van der Waals surface area contributed by atoms with E-state index in [1.54, 1.807) is 19.2 Å². The van der Waals surface area contributed by atoms with Crippen LogP contribution in [-0.4, -0.2) is 32.0 Å². The fraction of sp³-hybridized carbons (Fsp3) is 0.364. The molecule has 5 heteroatoms. The lowest BCUT2D eigenvalue weighted by molar-refractivity contribution is -0.141. The zero-order chi connectivity index (χ0) is 11.8. The highest BCUT2D eigenvalue weighted by Gasteiger charge is 2.03. The van der Waals surface area contributed by atoms with Gasteiger partial charge in [0.25, 0.3) is 0 Å². The third kappa shape index (κ3) is 5.14. The fourth-order valence-electron chi connectivity index (χ4n) is 0.954. The third-order valence-corrected chi connectivity index (χ3v) is 2.71. The van der Waals surface area contributed by atoms with Gasteiger partial charge in [-0.3, -0.25) is 4.79 Å². The number of rotatable bonds is 6. The van der Waals surface area contributed by atoms with Crippen LogP contribution in [0, 0.1) is 5.82 Å². The lowest BCUT2D eigenvalue weighted by Gasteiger charge is -2.03. The summed E-state index contributed by atoms with van der Waals surface area (Å²) in [5, 5.41) is 0. The van der Waals surface area contributed by atoms with Crippen molar-refractivity contribution in [3.63, 3.8) is 0 Å². The molecule has 0 aliphatic carbocycles. The molecule has 1 rings (SSSR count). The Hall–Kier alpha value is -1.07. The van der Waals surface area contributed by atoms with Crippen molar-refractivity contribution in [2.45, 2.75) is 4.90 Å². The Morgan fingerprint density at radius 3 is 2.62 bits per heavy atom. The average Bonchev–Trinajstić information content (AvgIpc) is 2.29. The molecule has 0 fully saturated rings. The van der Waals surface area contributed by atoms with E-state index >= 15 is 0 Å². The molecular formula is C11H13FO3S. The Labute approximate surface area is 97.9 Å². The first-order chi connectivity index (χ1) is 7.72. The van der Waals surface area contributed by atoms with Gasteiger partial charge < -0.3 is 9.47 Å². The molecule has 0 spiro atoms. The van der Waals surface area contributed by atoms with Gasteiger partial charge in [-0.2, -0.15) is 0 Å². The number of hydrogen-bond acceptors (Lipinski definition) is 4. The Morgan fingerprint density at radius 1 is 1.31 bits per heavy atom. The van der Waals surface area contributed by atoms with E-state index in [2.05, 4.69) is 0 Å². The minimum absolute atomic E-state index is 0.218. The summed E-state index contributed by atoms with van der Waals surface area (Å²) in [7, 11) is 1.54. The maximum Gasteiger partial charge on any atom is 0.316 e. The first-order valence-corrected chi connectivity index (χ1v) is 5.74. The van der Waals surface area contributed by atoms with Gasteiger partial charge in [0.2, 0.25) is 0 Å². The zero-order valence-electron chi connectivity index (χ0n) is 8.94. The molecule has 16 heavy (non-hydrogen) atoms. The molecule has 0 bridgehead atoms. The summed E-state index contributed by atoms with van der Waals surface area (Å²) < 4.78 is 22.2. The highest BCUT2D eigenvalue weighted by Crippen LogP contribution is 2.17. The van der Waals surface area contributed by atoms with Gasteiger partial charge >= 0.3 is 5.97 Å². The quantitative estimate of drug-likeness (QED) is 0.436. The summed E-state index contributed by atoms with van der Waals surface area (Å²) in [6, 6.07) is 5.97. The molecule has 0 amide bonds. The molecule has 0 atom stereocenters. The van der Waals surface area contributed by atoms with E-state index in [-0.39, 0.29) is 24.1 Å². The van der Waals surface area contributed by atoms with Crippen LogP contribution in [0.3, 0.4) is 0 Å². The van der Waals surface area contributed by atoms with Crippen molar-refractivity contribution in [3.8, 4) is 0 Å². The first kappa shape index (κ1) is 13.0. The van der Waals surface area contributed by atoms with Crippen LogP contribution in [0.15, 0.2) is 29.2 Å². The highest BCUT2D eigenvalue weighted by atomic mass is 32.2. The number of methoxy groups -OCH3 is 1. The van der Waals surface area contributed by atoms with Gasteiger partial charge in [-0.25, -0.2) is 4.39 Å². The predicted molar refractivity (Wildman–Crippen MR) is 60.0 cm³/mol. The van der Waals surface area contributed by atoms with E-state index in [1.165, 1.54) is 23.9 Å². The van der Waals surface area contributed by atoms with E-state index in [9.17, 15) is 9.18 Å². The molecule has 0 aliphatic rings. The lowest BCUT2D eigenvalue weighted by Crippen LogP contribution is -2.11. The second-order valence-corrected chi connectivity index (χ2v) is 4.00. The van der Waals surface area contributed by atoms with Crippen LogP contribution in [0.2, 0.25) is 0 Å². The van der Waals surface area contributed by atoms with Gasteiger partial charge in [0, 0.05) is 12.0 Å².